The van der Waals surface area contributed by atoms with Crippen molar-refractivity contribution in [1.29, 1.82) is 0 Å². The average molecular weight is 335 g/mol. The second kappa shape index (κ2) is 4.80. The Labute approximate surface area is 116 Å². The molecule has 0 radical (unpaired) electrons. The van der Waals surface area contributed by atoms with Gasteiger partial charge in [-0.25, -0.2) is 9.78 Å². The number of rotatable bonds is 1. The molecule has 0 spiro atoms. The lowest BCUT2D eigenvalue weighted by Crippen LogP contribution is -2.04. The largest absolute Gasteiger partial charge is 0.464 e. The zero-order valence-electron chi connectivity index (χ0n) is 8.63. The lowest BCUT2D eigenvalue weighted by Gasteiger charge is -2.07. The highest BCUT2D eigenvalue weighted by atomic mass is 79.9. The molecule has 1 aromatic heterocycles. The SMILES string of the molecule is COC(=O)c1cc(Cl)c2c(Br)ccc(Cl)c2n1. The second-order valence-corrected chi connectivity index (χ2v) is 4.90. The topological polar surface area (TPSA) is 39.2 Å². The highest BCUT2D eigenvalue weighted by Crippen LogP contribution is 2.34. The molecular weight excluding hydrogens is 329 g/mol. The van der Waals surface area contributed by atoms with Crippen LogP contribution in [-0.4, -0.2) is 18.1 Å². The molecule has 17 heavy (non-hydrogen) atoms. The minimum absolute atomic E-state index is 0.130. The van der Waals surface area contributed by atoms with Crippen LogP contribution in [-0.2, 0) is 4.74 Å². The minimum atomic E-state index is -0.551. The quantitative estimate of drug-likeness (QED) is 0.737. The van der Waals surface area contributed by atoms with E-state index in [0.717, 1.165) is 4.47 Å². The van der Waals surface area contributed by atoms with Crippen LogP contribution in [0.15, 0.2) is 22.7 Å². The highest BCUT2D eigenvalue weighted by Gasteiger charge is 2.15. The normalized spacial score (nSPS) is 10.6. The Kier molecular flexibility index (Phi) is 3.56. The molecule has 0 bridgehead atoms. The molecule has 0 aliphatic heterocycles. The van der Waals surface area contributed by atoms with Crippen LogP contribution in [0.4, 0.5) is 0 Å². The maximum absolute atomic E-state index is 11.4. The van der Waals surface area contributed by atoms with Gasteiger partial charge in [0.15, 0.2) is 5.69 Å². The van der Waals surface area contributed by atoms with Crippen molar-refractivity contribution < 1.29 is 9.53 Å². The van der Waals surface area contributed by atoms with Crippen molar-refractivity contribution in [2.75, 3.05) is 7.11 Å². The summed E-state index contributed by atoms with van der Waals surface area (Å²) in [7, 11) is 1.28. The van der Waals surface area contributed by atoms with Gasteiger partial charge in [0, 0.05) is 9.86 Å². The zero-order chi connectivity index (χ0) is 12.6. The van der Waals surface area contributed by atoms with Crippen molar-refractivity contribution in [3.8, 4) is 0 Å². The number of esters is 1. The Balaban J connectivity index is 2.82. The van der Waals surface area contributed by atoms with Crippen LogP contribution < -0.4 is 0 Å². The number of nitrogens with zero attached hydrogens (tertiary/aromatic N) is 1. The van der Waals surface area contributed by atoms with Gasteiger partial charge in [-0.1, -0.05) is 39.1 Å². The molecule has 1 heterocycles. The first-order valence-electron chi connectivity index (χ1n) is 4.57. The molecule has 1 aromatic carbocycles. The molecule has 2 rings (SSSR count). The number of ether oxygens (including phenoxy) is 1. The molecule has 0 amide bonds. The van der Waals surface area contributed by atoms with E-state index in [9.17, 15) is 4.79 Å². The van der Waals surface area contributed by atoms with E-state index >= 15 is 0 Å². The summed E-state index contributed by atoms with van der Waals surface area (Å²) in [6, 6.07) is 4.91. The highest BCUT2D eigenvalue weighted by molar-refractivity contribution is 9.10. The van der Waals surface area contributed by atoms with Crippen LogP contribution in [0.3, 0.4) is 0 Å². The first-order valence-corrected chi connectivity index (χ1v) is 6.12. The fourth-order valence-electron chi connectivity index (χ4n) is 1.43. The average Bonchev–Trinajstić information content (AvgIpc) is 2.32. The Morgan fingerprint density at radius 3 is 2.71 bits per heavy atom. The van der Waals surface area contributed by atoms with E-state index in [1.54, 1.807) is 12.1 Å². The molecular formula is C11H6BrCl2NO2. The summed E-state index contributed by atoms with van der Waals surface area (Å²) in [6.45, 7) is 0. The van der Waals surface area contributed by atoms with Gasteiger partial charge in [-0.2, -0.15) is 0 Å². The maximum atomic E-state index is 11.4. The molecule has 0 unspecified atom stereocenters. The fourth-order valence-corrected chi connectivity index (χ4v) is 2.57. The van der Waals surface area contributed by atoms with Gasteiger partial charge in [-0.3, -0.25) is 0 Å². The molecule has 0 saturated heterocycles. The van der Waals surface area contributed by atoms with Gasteiger partial charge in [0.1, 0.15) is 0 Å². The van der Waals surface area contributed by atoms with E-state index in [1.165, 1.54) is 13.2 Å². The van der Waals surface area contributed by atoms with E-state index in [-0.39, 0.29) is 5.69 Å². The number of benzene rings is 1. The van der Waals surface area contributed by atoms with Crippen molar-refractivity contribution in [3.63, 3.8) is 0 Å². The lowest BCUT2D eigenvalue weighted by atomic mass is 10.2. The number of hydrogen-bond acceptors (Lipinski definition) is 3. The summed E-state index contributed by atoms with van der Waals surface area (Å²) < 4.78 is 5.36. The summed E-state index contributed by atoms with van der Waals surface area (Å²) in [5.74, 6) is -0.551. The zero-order valence-corrected chi connectivity index (χ0v) is 11.7. The minimum Gasteiger partial charge on any atom is -0.464 e. The van der Waals surface area contributed by atoms with Gasteiger partial charge in [-0.15, -0.1) is 0 Å². The van der Waals surface area contributed by atoms with Crippen molar-refractivity contribution in [2.45, 2.75) is 0 Å². The van der Waals surface area contributed by atoms with E-state index in [1.807, 2.05) is 0 Å². The summed E-state index contributed by atoms with van der Waals surface area (Å²) in [5.41, 5.74) is 0.596. The number of carbonyl (C=O) groups is 1. The van der Waals surface area contributed by atoms with Crippen LogP contribution in [0.5, 0.6) is 0 Å². The summed E-state index contributed by atoms with van der Waals surface area (Å²) in [4.78, 5) is 15.6. The number of carbonyl (C=O) groups excluding carboxylic acids is 1. The molecule has 0 N–H and O–H groups in total. The smallest absolute Gasteiger partial charge is 0.356 e. The number of pyridine rings is 1. The predicted octanol–water partition coefficient (Wildman–Crippen LogP) is 4.09. The monoisotopic (exact) mass is 333 g/mol. The van der Waals surface area contributed by atoms with E-state index in [2.05, 4.69) is 25.7 Å². The lowest BCUT2D eigenvalue weighted by molar-refractivity contribution is 0.0594. The molecule has 0 aliphatic carbocycles. The number of hydrogen-bond donors (Lipinski definition) is 0. The van der Waals surface area contributed by atoms with Crippen molar-refractivity contribution in [2.24, 2.45) is 0 Å². The van der Waals surface area contributed by atoms with Gasteiger partial charge >= 0.3 is 5.97 Å². The van der Waals surface area contributed by atoms with Crippen molar-refractivity contribution >= 4 is 56.0 Å². The van der Waals surface area contributed by atoms with E-state index in [4.69, 9.17) is 23.2 Å². The molecule has 0 saturated carbocycles. The number of methoxy groups -OCH3 is 1. The molecule has 3 nitrogen and oxygen atoms in total. The molecule has 0 atom stereocenters. The third-order valence-corrected chi connectivity index (χ3v) is 3.47. The van der Waals surface area contributed by atoms with Crippen LogP contribution in [0.2, 0.25) is 10.0 Å². The van der Waals surface area contributed by atoms with Crippen LogP contribution >= 0.6 is 39.1 Å². The number of halogens is 3. The molecule has 0 fully saturated rings. The molecule has 88 valence electrons. The third-order valence-electron chi connectivity index (χ3n) is 2.21. The van der Waals surface area contributed by atoms with Crippen molar-refractivity contribution in [1.82, 2.24) is 4.98 Å². The maximum Gasteiger partial charge on any atom is 0.356 e. The molecule has 2 aromatic rings. The van der Waals surface area contributed by atoms with Gasteiger partial charge in [-0.05, 0) is 18.2 Å². The standard InChI is InChI=1S/C11H6BrCl2NO2/c1-17-11(16)8-4-7(14)9-5(12)2-3-6(13)10(9)15-8/h2-4H,1H3. The molecule has 6 heteroatoms. The van der Waals surface area contributed by atoms with Crippen LogP contribution in [0, 0.1) is 0 Å². The van der Waals surface area contributed by atoms with Gasteiger partial charge in [0.25, 0.3) is 0 Å². The Morgan fingerprint density at radius 2 is 2.06 bits per heavy atom. The molecule has 0 aliphatic rings. The summed E-state index contributed by atoms with van der Waals surface area (Å²) >= 11 is 15.5. The van der Waals surface area contributed by atoms with Gasteiger partial charge < -0.3 is 4.74 Å². The number of aromatic nitrogens is 1. The van der Waals surface area contributed by atoms with E-state index in [0.29, 0.717) is 20.9 Å². The summed E-state index contributed by atoms with van der Waals surface area (Å²) in [5, 5.41) is 1.49. The third kappa shape index (κ3) is 2.25. The van der Waals surface area contributed by atoms with Crippen molar-refractivity contribution in [3.05, 3.63) is 38.4 Å². The van der Waals surface area contributed by atoms with Crippen LogP contribution in [0.1, 0.15) is 10.5 Å². The second-order valence-electron chi connectivity index (χ2n) is 3.23. The Hall–Kier alpha value is -0.840. The predicted molar refractivity (Wildman–Crippen MR) is 70.8 cm³/mol. The first-order chi connectivity index (χ1) is 8.04. The first kappa shape index (κ1) is 12.6. The Bertz CT molecular complexity index is 616. The Morgan fingerprint density at radius 1 is 1.35 bits per heavy atom. The number of fused-ring (bicyclic) bond motifs is 1. The fraction of sp³-hybridized carbons (Fsp3) is 0.0909. The van der Waals surface area contributed by atoms with Gasteiger partial charge in [0.05, 0.1) is 22.7 Å². The van der Waals surface area contributed by atoms with E-state index < -0.39 is 5.97 Å². The summed E-state index contributed by atoms with van der Waals surface area (Å²) in [6.07, 6.45) is 0. The van der Waals surface area contributed by atoms with Gasteiger partial charge in [0.2, 0.25) is 0 Å². The van der Waals surface area contributed by atoms with Crippen LogP contribution in [0.25, 0.3) is 10.9 Å².